The first-order chi connectivity index (χ1) is 17.7. The van der Waals surface area contributed by atoms with Gasteiger partial charge in [-0.2, -0.15) is 13.9 Å². The fraction of sp³-hybridized carbons (Fsp3) is 0.542. The number of aromatic nitrogens is 2. The van der Waals surface area contributed by atoms with Gasteiger partial charge < -0.3 is 14.7 Å². The lowest BCUT2D eigenvalue weighted by Gasteiger charge is -2.38. The molecule has 2 aliphatic heterocycles. The highest BCUT2D eigenvalue weighted by molar-refractivity contribution is 7.92. The minimum Gasteiger partial charge on any atom is -0.486 e. The van der Waals surface area contributed by atoms with Crippen molar-refractivity contribution in [3.63, 3.8) is 0 Å². The number of rotatable bonds is 7. The molecule has 0 aliphatic carbocycles. The number of amides is 2. The number of nitrogens with zero attached hydrogens (tertiary/aromatic N) is 5. The molecule has 1 aromatic heterocycles. The second-order valence-corrected chi connectivity index (χ2v) is 12.5. The predicted octanol–water partition coefficient (Wildman–Crippen LogP) is 3.70. The Kier molecular flexibility index (Phi) is 7.30. The Labute approximate surface area is 219 Å². The number of carbonyl (C=O) groups excluding carboxylic acids is 1. The maximum absolute atomic E-state index is 13.8. The second kappa shape index (κ2) is 10.0. The minimum atomic E-state index is -4.45. The monoisotopic (exact) mass is 555 g/mol. The highest BCUT2D eigenvalue weighted by Crippen LogP contribution is 2.41. The van der Waals surface area contributed by atoms with E-state index in [1.807, 2.05) is 20.8 Å². The topological polar surface area (TPSA) is 125 Å². The number of hydrogen-bond acceptors (Lipinski definition) is 6. The van der Waals surface area contributed by atoms with Gasteiger partial charge in [-0.1, -0.05) is 20.8 Å². The summed E-state index contributed by atoms with van der Waals surface area (Å²) in [5, 5.41) is 13.5. The van der Waals surface area contributed by atoms with Crippen LogP contribution in [0.25, 0.3) is 0 Å². The molecule has 38 heavy (non-hydrogen) atoms. The van der Waals surface area contributed by atoms with Crippen molar-refractivity contribution in [1.29, 1.82) is 0 Å². The number of fused-ring (bicyclic) bond motifs is 1. The number of carbonyl (C=O) groups is 2. The number of aryl methyl sites for hydroxylation is 1. The van der Waals surface area contributed by atoms with Crippen molar-refractivity contribution in [2.45, 2.75) is 58.1 Å². The van der Waals surface area contributed by atoms with Crippen LogP contribution < -0.4 is 13.9 Å². The molecular weight excluding hydrogens is 524 g/mol. The summed E-state index contributed by atoms with van der Waals surface area (Å²) in [5.74, 6) is -0.0485. The highest BCUT2D eigenvalue weighted by Gasteiger charge is 2.39. The molecule has 14 heteroatoms. The van der Waals surface area contributed by atoms with Crippen molar-refractivity contribution in [1.82, 2.24) is 14.7 Å². The van der Waals surface area contributed by atoms with Gasteiger partial charge in [0.15, 0.2) is 0 Å². The third kappa shape index (κ3) is 5.54. The molecule has 2 amide bonds. The standard InChI is InChI=1S/C24H31F2N5O6S/c1-15-20(13-30(27-15)22(25)26)38(35,36)31-12-17(11-21(32)28-8-5-9-28)37-19-7-6-16(10-18(19)31)29(23(33)34)14-24(2,3)4/h6-7,10,13,17,22H,5,8-9,11-12,14H2,1-4H3,(H,33,34). The Morgan fingerprint density at radius 1 is 1.26 bits per heavy atom. The zero-order valence-electron chi connectivity index (χ0n) is 21.6. The van der Waals surface area contributed by atoms with Gasteiger partial charge in [0.25, 0.3) is 10.0 Å². The lowest BCUT2D eigenvalue weighted by molar-refractivity contribution is -0.136. The van der Waals surface area contributed by atoms with E-state index in [-0.39, 0.29) is 52.9 Å². The molecule has 2 aromatic rings. The van der Waals surface area contributed by atoms with Crippen LogP contribution in [0.1, 0.15) is 45.9 Å². The predicted molar refractivity (Wildman–Crippen MR) is 134 cm³/mol. The fourth-order valence-electron chi connectivity index (χ4n) is 4.37. The zero-order valence-corrected chi connectivity index (χ0v) is 22.4. The lowest BCUT2D eigenvalue weighted by atomic mass is 9.96. The van der Waals surface area contributed by atoms with E-state index in [0.717, 1.165) is 21.8 Å². The number of anilines is 2. The van der Waals surface area contributed by atoms with Gasteiger partial charge in [0, 0.05) is 25.3 Å². The Morgan fingerprint density at radius 3 is 2.47 bits per heavy atom. The van der Waals surface area contributed by atoms with E-state index in [1.54, 1.807) is 4.90 Å². The summed E-state index contributed by atoms with van der Waals surface area (Å²) < 4.78 is 61.4. The summed E-state index contributed by atoms with van der Waals surface area (Å²) in [7, 11) is -4.45. The first kappa shape index (κ1) is 27.6. The molecule has 1 fully saturated rings. The maximum atomic E-state index is 13.8. The van der Waals surface area contributed by atoms with E-state index in [2.05, 4.69) is 5.10 Å². The third-order valence-electron chi connectivity index (χ3n) is 6.30. The van der Waals surface area contributed by atoms with Crippen molar-refractivity contribution in [2.24, 2.45) is 5.41 Å². The molecule has 1 aromatic carbocycles. The van der Waals surface area contributed by atoms with Crippen molar-refractivity contribution >= 4 is 33.4 Å². The number of benzene rings is 1. The van der Waals surface area contributed by atoms with E-state index in [4.69, 9.17) is 4.74 Å². The van der Waals surface area contributed by atoms with Gasteiger partial charge in [0.05, 0.1) is 30.5 Å². The van der Waals surface area contributed by atoms with Crippen LogP contribution in [0, 0.1) is 12.3 Å². The van der Waals surface area contributed by atoms with E-state index >= 15 is 0 Å². The van der Waals surface area contributed by atoms with Crippen LogP contribution in [0.4, 0.5) is 25.0 Å². The number of halogens is 2. The van der Waals surface area contributed by atoms with Crippen LogP contribution >= 0.6 is 0 Å². The molecule has 4 rings (SSSR count). The molecule has 11 nitrogen and oxygen atoms in total. The van der Waals surface area contributed by atoms with Gasteiger partial charge in [-0.3, -0.25) is 14.0 Å². The van der Waals surface area contributed by atoms with Crippen LogP contribution in [0.2, 0.25) is 0 Å². The number of alkyl halides is 2. The first-order valence-electron chi connectivity index (χ1n) is 12.1. The molecule has 0 radical (unpaired) electrons. The van der Waals surface area contributed by atoms with Gasteiger partial charge in [-0.15, -0.1) is 0 Å². The van der Waals surface area contributed by atoms with Crippen LogP contribution in [-0.4, -0.2) is 72.5 Å². The molecule has 208 valence electrons. The summed E-state index contributed by atoms with van der Waals surface area (Å²) >= 11 is 0. The molecule has 0 spiro atoms. The Morgan fingerprint density at radius 2 is 1.95 bits per heavy atom. The third-order valence-corrected chi connectivity index (χ3v) is 8.18. The summed E-state index contributed by atoms with van der Waals surface area (Å²) in [6.07, 6.45) is -0.485. The average molecular weight is 556 g/mol. The lowest BCUT2D eigenvalue weighted by Crippen LogP contribution is -2.48. The number of ether oxygens (including phenoxy) is 1. The smallest absolute Gasteiger partial charge is 0.411 e. The molecule has 0 saturated carbocycles. The molecular formula is C24H31F2N5O6S. The number of hydrogen-bond donors (Lipinski definition) is 1. The Balaban J connectivity index is 1.77. The van der Waals surface area contributed by atoms with Gasteiger partial charge in [0.1, 0.15) is 16.7 Å². The van der Waals surface area contributed by atoms with Gasteiger partial charge >= 0.3 is 12.6 Å². The maximum Gasteiger partial charge on any atom is 0.411 e. The van der Waals surface area contributed by atoms with E-state index in [0.29, 0.717) is 13.1 Å². The Bertz CT molecular complexity index is 1340. The van der Waals surface area contributed by atoms with E-state index < -0.39 is 39.1 Å². The highest BCUT2D eigenvalue weighted by atomic mass is 32.2. The summed E-state index contributed by atoms with van der Waals surface area (Å²) in [6.45, 7) is 4.97. The van der Waals surface area contributed by atoms with E-state index in [1.165, 1.54) is 25.1 Å². The first-order valence-corrected chi connectivity index (χ1v) is 13.6. The summed E-state index contributed by atoms with van der Waals surface area (Å²) in [5.41, 5.74) is -0.271. The molecule has 1 atom stereocenters. The molecule has 1 saturated heterocycles. The Hall–Kier alpha value is -3.42. The van der Waals surface area contributed by atoms with Crippen LogP contribution in [0.5, 0.6) is 5.75 Å². The van der Waals surface area contributed by atoms with Crippen molar-refractivity contribution < 1.29 is 36.6 Å². The van der Waals surface area contributed by atoms with Gasteiger partial charge in [-0.05, 0) is 37.0 Å². The van der Waals surface area contributed by atoms with Crippen molar-refractivity contribution in [2.75, 3.05) is 35.4 Å². The van der Waals surface area contributed by atoms with Gasteiger partial charge in [0.2, 0.25) is 5.91 Å². The average Bonchev–Trinajstić information content (AvgIpc) is 3.17. The van der Waals surface area contributed by atoms with Crippen LogP contribution in [0.15, 0.2) is 29.3 Å². The number of sulfonamides is 1. The van der Waals surface area contributed by atoms with Crippen LogP contribution in [0.3, 0.4) is 0 Å². The van der Waals surface area contributed by atoms with E-state index in [9.17, 15) is 31.9 Å². The molecule has 1 N–H and O–H groups in total. The number of carboxylic acid groups (broad SMARTS) is 1. The largest absolute Gasteiger partial charge is 0.486 e. The quantitative estimate of drug-likeness (QED) is 0.552. The SMILES string of the molecule is Cc1nn(C(F)F)cc1S(=O)(=O)N1CC(CC(=O)N2CCC2)Oc2ccc(N(CC(C)(C)C)C(=O)O)cc21. The fourth-order valence-corrected chi connectivity index (χ4v) is 6.03. The molecule has 3 heterocycles. The molecule has 2 aliphatic rings. The summed E-state index contributed by atoms with van der Waals surface area (Å²) in [4.78, 5) is 27.0. The van der Waals surface area contributed by atoms with Crippen molar-refractivity contribution in [3.8, 4) is 5.75 Å². The normalized spacial score (nSPS) is 17.6. The molecule has 0 bridgehead atoms. The summed E-state index contributed by atoms with van der Waals surface area (Å²) in [6, 6.07) is 4.35. The number of likely N-dealkylation sites (tertiary alicyclic amines) is 1. The van der Waals surface area contributed by atoms with Gasteiger partial charge in [-0.25, -0.2) is 17.9 Å². The van der Waals surface area contributed by atoms with Crippen molar-refractivity contribution in [3.05, 3.63) is 30.1 Å². The zero-order chi connectivity index (χ0) is 28.0. The van der Waals surface area contributed by atoms with Crippen LogP contribution in [-0.2, 0) is 14.8 Å². The minimum absolute atomic E-state index is 0.0412. The molecule has 1 unspecified atom stereocenters. The second-order valence-electron chi connectivity index (χ2n) is 10.6.